The second-order valence-electron chi connectivity index (χ2n) is 5.33. The molecule has 1 fully saturated rings. The van der Waals surface area contributed by atoms with Gasteiger partial charge in [-0.05, 0) is 27.7 Å². The molecule has 112 valence electrons. The molecule has 1 heterocycles. The normalized spacial score (nSPS) is 16.4. The minimum atomic E-state index is -1.62. The zero-order valence-electron chi connectivity index (χ0n) is 11.7. The minimum Gasteiger partial charge on any atom is -0.446 e. The molecular formula is C12H16BrNO6. The number of amides is 2. The SMILES string of the molecule is CC(C)(Br)C(=O)OC(C)(C)C(=O)ON1C(=O)CCC1=O. The Balaban J connectivity index is 2.72. The second kappa shape index (κ2) is 5.51. The molecule has 1 aliphatic heterocycles. The van der Waals surface area contributed by atoms with E-state index in [0.717, 1.165) is 0 Å². The molecule has 0 aromatic heterocycles. The lowest BCUT2D eigenvalue weighted by Crippen LogP contribution is -2.46. The van der Waals surface area contributed by atoms with Gasteiger partial charge in [0, 0.05) is 12.8 Å². The van der Waals surface area contributed by atoms with Crippen molar-refractivity contribution >= 4 is 39.7 Å². The number of hydrogen-bond acceptors (Lipinski definition) is 6. The van der Waals surface area contributed by atoms with Crippen molar-refractivity contribution in [3.8, 4) is 0 Å². The van der Waals surface area contributed by atoms with Crippen molar-refractivity contribution < 1.29 is 28.8 Å². The molecule has 1 aliphatic rings. The Morgan fingerprint density at radius 1 is 1.05 bits per heavy atom. The molecule has 2 amide bonds. The topological polar surface area (TPSA) is 90.0 Å². The molecule has 1 saturated heterocycles. The van der Waals surface area contributed by atoms with Crippen LogP contribution in [0.15, 0.2) is 0 Å². The molecule has 7 nitrogen and oxygen atoms in total. The number of esters is 1. The van der Waals surface area contributed by atoms with E-state index >= 15 is 0 Å². The van der Waals surface area contributed by atoms with Crippen molar-refractivity contribution in [2.75, 3.05) is 0 Å². The standard InChI is InChI=1S/C12H16BrNO6/c1-11(2,13)9(17)19-12(3,4)10(18)20-14-7(15)5-6-8(14)16/h5-6H2,1-4H3. The van der Waals surface area contributed by atoms with Gasteiger partial charge < -0.3 is 9.57 Å². The summed E-state index contributed by atoms with van der Waals surface area (Å²) >= 11 is 3.11. The van der Waals surface area contributed by atoms with E-state index < -0.39 is 33.7 Å². The molecule has 0 aliphatic carbocycles. The highest BCUT2D eigenvalue weighted by Crippen LogP contribution is 2.23. The number of hydroxylamine groups is 2. The molecule has 20 heavy (non-hydrogen) atoms. The van der Waals surface area contributed by atoms with Crippen LogP contribution in [0.2, 0.25) is 0 Å². The van der Waals surface area contributed by atoms with Crippen LogP contribution in [-0.4, -0.2) is 38.7 Å². The van der Waals surface area contributed by atoms with Crippen molar-refractivity contribution in [1.29, 1.82) is 0 Å². The molecular weight excluding hydrogens is 334 g/mol. The summed E-state index contributed by atoms with van der Waals surface area (Å²) in [6, 6.07) is 0. The van der Waals surface area contributed by atoms with E-state index in [1.807, 2.05) is 0 Å². The largest absolute Gasteiger partial charge is 0.446 e. The third-order valence-corrected chi connectivity index (χ3v) is 2.83. The number of nitrogens with zero attached hydrogens (tertiary/aromatic N) is 1. The Kier molecular flexibility index (Phi) is 4.58. The van der Waals surface area contributed by atoms with Crippen LogP contribution in [0.25, 0.3) is 0 Å². The Morgan fingerprint density at radius 2 is 1.50 bits per heavy atom. The van der Waals surface area contributed by atoms with Gasteiger partial charge in [-0.2, -0.15) is 0 Å². The number of alkyl halides is 1. The first kappa shape index (κ1) is 16.6. The van der Waals surface area contributed by atoms with Crippen LogP contribution in [0.1, 0.15) is 40.5 Å². The van der Waals surface area contributed by atoms with Gasteiger partial charge in [0.1, 0.15) is 4.32 Å². The van der Waals surface area contributed by atoms with E-state index in [4.69, 9.17) is 9.57 Å². The van der Waals surface area contributed by atoms with Gasteiger partial charge in [-0.25, -0.2) is 4.79 Å². The number of rotatable bonds is 4. The fourth-order valence-corrected chi connectivity index (χ4v) is 1.33. The van der Waals surface area contributed by atoms with Crippen LogP contribution in [0.4, 0.5) is 0 Å². The molecule has 1 rings (SSSR count). The number of imide groups is 1. The lowest BCUT2D eigenvalue weighted by Gasteiger charge is -2.27. The summed E-state index contributed by atoms with van der Waals surface area (Å²) < 4.78 is 4.07. The Hall–Kier alpha value is -1.44. The molecule has 0 atom stereocenters. The van der Waals surface area contributed by atoms with E-state index in [1.54, 1.807) is 13.8 Å². The van der Waals surface area contributed by atoms with Gasteiger partial charge in [-0.1, -0.05) is 15.9 Å². The van der Waals surface area contributed by atoms with E-state index in [1.165, 1.54) is 13.8 Å². The first-order chi connectivity index (χ1) is 8.95. The maximum Gasteiger partial charge on any atom is 0.375 e. The lowest BCUT2D eigenvalue weighted by atomic mass is 10.1. The number of hydrogen-bond donors (Lipinski definition) is 0. The van der Waals surface area contributed by atoms with Crippen LogP contribution >= 0.6 is 15.9 Å². The highest BCUT2D eigenvalue weighted by atomic mass is 79.9. The minimum absolute atomic E-state index is 0.000755. The quantitative estimate of drug-likeness (QED) is 0.428. The van der Waals surface area contributed by atoms with Gasteiger partial charge in [0.05, 0.1) is 0 Å². The van der Waals surface area contributed by atoms with E-state index in [2.05, 4.69) is 15.9 Å². The van der Waals surface area contributed by atoms with Gasteiger partial charge in [-0.15, -0.1) is 5.06 Å². The number of halogens is 1. The van der Waals surface area contributed by atoms with E-state index in [9.17, 15) is 19.2 Å². The first-order valence-electron chi connectivity index (χ1n) is 5.95. The van der Waals surface area contributed by atoms with Crippen molar-refractivity contribution in [2.24, 2.45) is 0 Å². The summed E-state index contributed by atoms with van der Waals surface area (Å²) in [6.07, 6.45) is 0.00151. The molecule has 0 bridgehead atoms. The van der Waals surface area contributed by atoms with Crippen molar-refractivity contribution in [2.45, 2.75) is 50.5 Å². The van der Waals surface area contributed by atoms with Gasteiger partial charge in [-0.3, -0.25) is 14.4 Å². The smallest absolute Gasteiger partial charge is 0.375 e. The Bertz CT molecular complexity index is 449. The number of ether oxygens (including phenoxy) is 1. The van der Waals surface area contributed by atoms with Crippen LogP contribution in [0, 0.1) is 0 Å². The van der Waals surface area contributed by atoms with Gasteiger partial charge in [0.25, 0.3) is 11.8 Å². The Morgan fingerprint density at radius 3 is 1.90 bits per heavy atom. The number of carbonyl (C=O) groups is 4. The molecule has 0 N–H and O–H groups in total. The van der Waals surface area contributed by atoms with Crippen molar-refractivity contribution in [3.63, 3.8) is 0 Å². The van der Waals surface area contributed by atoms with Gasteiger partial charge in [0.2, 0.25) is 5.60 Å². The third kappa shape index (κ3) is 3.78. The van der Waals surface area contributed by atoms with Gasteiger partial charge in [0.15, 0.2) is 0 Å². The fourth-order valence-electron chi connectivity index (χ4n) is 1.25. The predicted octanol–water partition coefficient (Wildman–Crippen LogP) is 1.09. The molecule has 0 radical (unpaired) electrons. The van der Waals surface area contributed by atoms with Crippen molar-refractivity contribution in [1.82, 2.24) is 5.06 Å². The zero-order valence-corrected chi connectivity index (χ0v) is 13.3. The van der Waals surface area contributed by atoms with Gasteiger partial charge >= 0.3 is 11.9 Å². The lowest BCUT2D eigenvalue weighted by molar-refractivity contribution is -0.212. The summed E-state index contributed by atoms with van der Waals surface area (Å²) in [6.45, 7) is 5.75. The van der Waals surface area contributed by atoms with E-state index in [-0.39, 0.29) is 12.8 Å². The highest BCUT2D eigenvalue weighted by Gasteiger charge is 2.42. The summed E-state index contributed by atoms with van der Waals surface area (Å²) in [5, 5.41) is 0.414. The second-order valence-corrected chi connectivity index (χ2v) is 7.32. The molecule has 0 aromatic carbocycles. The average molecular weight is 350 g/mol. The van der Waals surface area contributed by atoms with E-state index in [0.29, 0.717) is 5.06 Å². The summed E-state index contributed by atoms with van der Waals surface area (Å²) in [5.41, 5.74) is -1.62. The van der Waals surface area contributed by atoms with Crippen LogP contribution in [0.5, 0.6) is 0 Å². The fraction of sp³-hybridized carbons (Fsp3) is 0.667. The third-order valence-electron chi connectivity index (χ3n) is 2.50. The van der Waals surface area contributed by atoms with Crippen LogP contribution < -0.4 is 0 Å². The molecule has 0 saturated carbocycles. The molecule has 0 unspecified atom stereocenters. The highest BCUT2D eigenvalue weighted by molar-refractivity contribution is 9.10. The predicted molar refractivity (Wildman–Crippen MR) is 70.4 cm³/mol. The maximum absolute atomic E-state index is 11.9. The molecule has 8 heteroatoms. The Labute approximate surface area is 124 Å². The molecule has 0 aromatic rings. The summed E-state index contributed by atoms with van der Waals surface area (Å²) in [4.78, 5) is 51.0. The summed E-state index contributed by atoms with van der Waals surface area (Å²) in [5.74, 6) is -2.85. The monoisotopic (exact) mass is 349 g/mol. The van der Waals surface area contributed by atoms with Crippen molar-refractivity contribution in [3.05, 3.63) is 0 Å². The van der Waals surface area contributed by atoms with Crippen LogP contribution in [0.3, 0.4) is 0 Å². The summed E-state index contributed by atoms with van der Waals surface area (Å²) in [7, 11) is 0. The maximum atomic E-state index is 11.9. The van der Waals surface area contributed by atoms with Crippen LogP contribution in [-0.2, 0) is 28.8 Å². The average Bonchev–Trinajstić information content (AvgIpc) is 2.58. The zero-order chi connectivity index (χ0) is 15.7. The molecule has 0 spiro atoms. The number of carbonyl (C=O) groups excluding carboxylic acids is 4. The first-order valence-corrected chi connectivity index (χ1v) is 6.75.